The monoisotopic (exact) mass is 423 g/mol. The largest absolute Gasteiger partial charge is 0.378 e. The van der Waals surface area contributed by atoms with E-state index in [9.17, 15) is 8.42 Å². The molecule has 0 radical (unpaired) electrons. The smallest absolute Gasteiger partial charge is 0.244 e. The van der Waals surface area contributed by atoms with E-state index in [0.717, 1.165) is 18.9 Å². The van der Waals surface area contributed by atoms with Crippen molar-refractivity contribution in [2.24, 2.45) is 0 Å². The van der Waals surface area contributed by atoms with E-state index in [0.29, 0.717) is 45.3 Å². The van der Waals surface area contributed by atoms with Crippen LogP contribution in [-0.4, -0.2) is 75.2 Å². The number of anilines is 2. The molecule has 10 heteroatoms. The third kappa shape index (κ3) is 3.93. The lowest BCUT2D eigenvalue weighted by atomic mass is 10.3. The zero-order valence-corrected chi connectivity index (χ0v) is 16.9. The Hall–Kier alpha value is -1.94. The van der Waals surface area contributed by atoms with Gasteiger partial charge in [-0.3, -0.25) is 0 Å². The minimum absolute atomic E-state index is 0.154. The molecule has 150 valence electrons. The molecule has 0 aliphatic carbocycles. The predicted molar refractivity (Wildman–Crippen MR) is 107 cm³/mol. The van der Waals surface area contributed by atoms with Crippen molar-refractivity contribution >= 4 is 33.4 Å². The summed E-state index contributed by atoms with van der Waals surface area (Å²) in [6.45, 7) is 4.76. The second-order valence-corrected chi connectivity index (χ2v) is 8.95. The molecule has 2 aliphatic rings. The maximum absolute atomic E-state index is 12.9. The molecular formula is C18H22ClN5O3S. The summed E-state index contributed by atoms with van der Waals surface area (Å²) in [5.74, 6) is 1.50. The number of aromatic nitrogens is 2. The molecule has 0 unspecified atom stereocenters. The van der Waals surface area contributed by atoms with E-state index in [2.05, 4.69) is 19.8 Å². The van der Waals surface area contributed by atoms with Crippen molar-refractivity contribution in [3.63, 3.8) is 0 Å². The van der Waals surface area contributed by atoms with Crippen LogP contribution in [0.25, 0.3) is 0 Å². The van der Waals surface area contributed by atoms with Crippen LogP contribution in [-0.2, 0) is 14.8 Å². The number of hydrogen-bond donors (Lipinski definition) is 0. The Morgan fingerprint density at radius 2 is 1.64 bits per heavy atom. The first kappa shape index (κ1) is 19.4. The van der Waals surface area contributed by atoms with Crippen molar-refractivity contribution in [2.75, 3.05) is 62.3 Å². The fourth-order valence-corrected chi connectivity index (χ4v) is 5.30. The van der Waals surface area contributed by atoms with Crippen LogP contribution >= 0.6 is 11.6 Å². The standard InChI is InChI=1S/C18H22ClN5O3S/c19-15-3-1-2-4-16(15)28(25,26)24-9-7-22(8-10-24)17-5-6-20-18(21-17)23-11-13-27-14-12-23/h1-6H,7-14H2. The average molecular weight is 424 g/mol. The molecule has 2 aromatic rings. The van der Waals surface area contributed by atoms with Gasteiger partial charge in [0.05, 0.1) is 18.2 Å². The van der Waals surface area contributed by atoms with E-state index >= 15 is 0 Å². The maximum atomic E-state index is 12.9. The highest BCUT2D eigenvalue weighted by Crippen LogP contribution is 2.26. The van der Waals surface area contributed by atoms with Gasteiger partial charge in [0.1, 0.15) is 10.7 Å². The van der Waals surface area contributed by atoms with Gasteiger partial charge in [-0.1, -0.05) is 23.7 Å². The number of halogens is 1. The molecule has 8 nitrogen and oxygen atoms in total. The van der Waals surface area contributed by atoms with Crippen LogP contribution in [0.4, 0.5) is 11.8 Å². The molecule has 0 N–H and O–H groups in total. The minimum atomic E-state index is -3.60. The van der Waals surface area contributed by atoms with Crippen LogP contribution in [0.1, 0.15) is 0 Å². The number of nitrogens with zero attached hydrogens (tertiary/aromatic N) is 5. The molecule has 0 amide bonds. The molecular weight excluding hydrogens is 402 g/mol. The Bertz CT molecular complexity index is 928. The lowest BCUT2D eigenvalue weighted by molar-refractivity contribution is 0.122. The molecule has 0 saturated carbocycles. The Morgan fingerprint density at radius 1 is 0.929 bits per heavy atom. The zero-order chi connectivity index (χ0) is 19.6. The fourth-order valence-electron chi connectivity index (χ4n) is 3.38. The second-order valence-electron chi connectivity index (χ2n) is 6.64. The van der Waals surface area contributed by atoms with Crippen LogP contribution in [0.15, 0.2) is 41.4 Å². The van der Waals surface area contributed by atoms with Crippen molar-refractivity contribution in [1.29, 1.82) is 0 Å². The van der Waals surface area contributed by atoms with Crippen LogP contribution in [0, 0.1) is 0 Å². The number of rotatable bonds is 4. The quantitative estimate of drug-likeness (QED) is 0.736. The van der Waals surface area contributed by atoms with Crippen molar-refractivity contribution in [3.8, 4) is 0 Å². The van der Waals surface area contributed by atoms with Crippen LogP contribution in [0.3, 0.4) is 0 Å². The highest BCUT2D eigenvalue weighted by molar-refractivity contribution is 7.89. The lowest BCUT2D eigenvalue weighted by Gasteiger charge is -2.35. The molecule has 0 atom stereocenters. The van der Waals surface area contributed by atoms with Gasteiger partial charge in [-0.15, -0.1) is 0 Å². The van der Waals surface area contributed by atoms with E-state index in [1.165, 1.54) is 4.31 Å². The van der Waals surface area contributed by atoms with E-state index in [4.69, 9.17) is 16.3 Å². The summed E-state index contributed by atoms with van der Waals surface area (Å²) in [6, 6.07) is 8.41. The molecule has 1 aromatic heterocycles. The summed E-state index contributed by atoms with van der Waals surface area (Å²) in [6.07, 6.45) is 1.75. The zero-order valence-electron chi connectivity index (χ0n) is 15.4. The summed E-state index contributed by atoms with van der Waals surface area (Å²) < 4.78 is 32.6. The predicted octanol–water partition coefficient (Wildman–Crippen LogP) is 1.48. The topological polar surface area (TPSA) is 78.9 Å². The number of sulfonamides is 1. The molecule has 3 heterocycles. The van der Waals surface area contributed by atoms with Gasteiger partial charge in [0, 0.05) is 45.5 Å². The van der Waals surface area contributed by atoms with E-state index in [-0.39, 0.29) is 9.92 Å². The number of benzene rings is 1. The summed E-state index contributed by atoms with van der Waals surface area (Å²) in [4.78, 5) is 13.4. The molecule has 2 saturated heterocycles. The number of ether oxygens (including phenoxy) is 1. The van der Waals surface area contributed by atoms with Gasteiger partial charge >= 0.3 is 0 Å². The van der Waals surface area contributed by atoms with Gasteiger partial charge in [0.25, 0.3) is 0 Å². The van der Waals surface area contributed by atoms with Gasteiger partial charge in [0.2, 0.25) is 16.0 Å². The average Bonchev–Trinajstić information content (AvgIpc) is 2.75. The van der Waals surface area contributed by atoms with E-state index in [1.54, 1.807) is 30.5 Å². The molecule has 4 rings (SSSR count). The first-order valence-corrected chi connectivity index (χ1v) is 11.0. The number of hydrogen-bond acceptors (Lipinski definition) is 7. The second kappa shape index (κ2) is 8.20. The van der Waals surface area contributed by atoms with Crippen LogP contribution in [0.5, 0.6) is 0 Å². The number of piperazine rings is 1. The Labute approximate surface area is 169 Å². The van der Waals surface area contributed by atoms with E-state index in [1.807, 2.05) is 6.07 Å². The Kier molecular flexibility index (Phi) is 5.68. The molecule has 1 aromatic carbocycles. The van der Waals surface area contributed by atoms with Crippen LogP contribution < -0.4 is 9.80 Å². The first-order valence-electron chi connectivity index (χ1n) is 9.21. The highest BCUT2D eigenvalue weighted by Gasteiger charge is 2.30. The van der Waals surface area contributed by atoms with Crippen molar-refractivity contribution in [2.45, 2.75) is 4.90 Å². The van der Waals surface area contributed by atoms with E-state index < -0.39 is 10.0 Å². The highest BCUT2D eigenvalue weighted by atomic mass is 35.5. The molecule has 28 heavy (non-hydrogen) atoms. The maximum Gasteiger partial charge on any atom is 0.244 e. The van der Waals surface area contributed by atoms with Crippen molar-refractivity contribution in [1.82, 2.24) is 14.3 Å². The van der Waals surface area contributed by atoms with Gasteiger partial charge in [-0.25, -0.2) is 13.4 Å². The first-order chi connectivity index (χ1) is 13.6. The van der Waals surface area contributed by atoms with Gasteiger partial charge < -0.3 is 14.5 Å². The van der Waals surface area contributed by atoms with Crippen molar-refractivity contribution in [3.05, 3.63) is 41.6 Å². The van der Waals surface area contributed by atoms with Crippen LogP contribution in [0.2, 0.25) is 5.02 Å². The summed E-state index contributed by atoms with van der Waals surface area (Å²) >= 11 is 6.10. The minimum Gasteiger partial charge on any atom is -0.378 e. The van der Waals surface area contributed by atoms with Gasteiger partial charge in [-0.2, -0.15) is 9.29 Å². The third-order valence-corrected chi connectivity index (χ3v) is 7.34. The Balaban J connectivity index is 1.45. The van der Waals surface area contributed by atoms with Crippen molar-refractivity contribution < 1.29 is 13.2 Å². The third-order valence-electron chi connectivity index (χ3n) is 4.94. The molecule has 0 spiro atoms. The molecule has 2 fully saturated rings. The molecule has 2 aliphatic heterocycles. The summed E-state index contributed by atoms with van der Waals surface area (Å²) in [5.41, 5.74) is 0. The normalized spacial score (nSPS) is 19.0. The fraction of sp³-hybridized carbons (Fsp3) is 0.444. The van der Waals surface area contributed by atoms with Gasteiger partial charge in [-0.05, 0) is 18.2 Å². The Morgan fingerprint density at radius 3 is 2.36 bits per heavy atom. The molecule has 0 bridgehead atoms. The summed E-state index contributed by atoms with van der Waals surface area (Å²) in [5, 5.41) is 0.246. The lowest BCUT2D eigenvalue weighted by Crippen LogP contribution is -2.49. The summed E-state index contributed by atoms with van der Waals surface area (Å²) in [7, 11) is -3.60. The number of morpholine rings is 1. The SMILES string of the molecule is O=S(=O)(c1ccccc1Cl)N1CCN(c2ccnc(N3CCOCC3)n2)CC1. The van der Waals surface area contributed by atoms with Gasteiger partial charge in [0.15, 0.2) is 0 Å².